The summed E-state index contributed by atoms with van der Waals surface area (Å²) in [4.78, 5) is 7.12. The number of thioether (sulfide) groups is 1. The first-order chi connectivity index (χ1) is 8.19. The van der Waals surface area contributed by atoms with Gasteiger partial charge in [-0.15, -0.1) is 11.3 Å². The Bertz CT molecular complexity index is 351. The first kappa shape index (κ1) is 13.3. The van der Waals surface area contributed by atoms with Crippen LogP contribution in [0.25, 0.3) is 0 Å². The fraction of sp³-hybridized carbons (Fsp3) is 0.750. The second-order valence-corrected chi connectivity index (χ2v) is 6.90. The topological polar surface area (TPSA) is 42.1 Å². The van der Waals surface area contributed by atoms with E-state index in [2.05, 4.69) is 33.9 Å². The van der Waals surface area contributed by atoms with Crippen molar-refractivity contribution in [2.45, 2.75) is 38.1 Å². The smallest absolute Gasteiger partial charge is 0.109 e. The van der Waals surface area contributed by atoms with Gasteiger partial charge in [-0.3, -0.25) is 4.90 Å². The van der Waals surface area contributed by atoms with E-state index in [1.54, 1.807) is 11.3 Å². The molecule has 0 saturated carbocycles. The molecule has 1 aromatic heterocycles. The van der Waals surface area contributed by atoms with Crippen LogP contribution in [-0.4, -0.2) is 34.0 Å². The summed E-state index contributed by atoms with van der Waals surface area (Å²) in [5.41, 5.74) is 7.02. The molecule has 17 heavy (non-hydrogen) atoms. The molecule has 1 aliphatic rings. The third-order valence-electron chi connectivity index (χ3n) is 3.02. The minimum atomic E-state index is 0.0639. The maximum Gasteiger partial charge on any atom is 0.109 e. The van der Waals surface area contributed by atoms with Crippen LogP contribution in [0.4, 0.5) is 0 Å². The van der Waals surface area contributed by atoms with Gasteiger partial charge in [0.2, 0.25) is 0 Å². The van der Waals surface area contributed by atoms with Crippen molar-refractivity contribution in [1.29, 1.82) is 0 Å². The fourth-order valence-corrected chi connectivity index (χ4v) is 4.02. The zero-order valence-corrected chi connectivity index (χ0v) is 12.2. The molecule has 5 heteroatoms. The summed E-state index contributed by atoms with van der Waals surface area (Å²) in [5, 5.41) is 4.01. The van der Waals surface area contributed by atoms with E-state index in [-0.39, 0.29) is 6.04 Å². The molecule has 3 nitrogen and oxygen atoms in total. The number of aromatic nitrogens is 1. The van der Waals surface area contributed by atoms with Gasteiger partial charge in [-0.1, -0.05) is 6.92 Å². The summed E-state index contributed by atoms with van der Waals surface area (Å²) in [6, 6.07) is 0.0639. The molecule has 0 spiro atoms. The SMILES string of the molecule is CCC1CN(Cc2csc(C(C)N)n2)CCS1. The highest BCUT2D eigenvalue weighted by molar-refractivity contribution is 8.00. The van der Waals surface area contributed by atoms with Gasteiger partial charge in [-0.2, -0.15) is 11.8 Å². The van der Waals surface area contributed by atoms with Crippen LogP contribution >= 0.6 is 23.1 Å². The molecule has 2 heterocycles. The predicted molar refractivity (Wildman–Crippen MR) is 76.5 cm³/mol. The standard InChI is InChI=1S/C12H21N3S2/c1-3-11-7-15(4-5-16-11)6-10-8-17-12(14-10)9(2)13/h8-9,11H,3-7,13H2,1-2H3. The molecule has 96 valence electrons. The van der Waals surface area contributed by atoms with Gasteiger partial charge in [0.05, 0.1) is 11.7 Å². The normalized spacial score (nSPS) is 23.8. The third-order valence-corrected chi connectivity index (χ3v) is 5.49. The average Bonchev–Trinajstić information content (AvgIpc) is 2.78. The van der Waals surface area contributed by atoms with Gasteiger partial charge in [-0.25, -0.2) is 4.98 Å². The lowest BCUT2D eigenvalue weighted by atomic mass is 10.3. The van der Waals surface area contributed by atoms with Crippen LogP contribution in [-0.2, 0) is 6.54 Å². The van der Waals surface area contributed by atoms with Gasteiger partial charge >= 0.3 is 0 Å². The number of nitrogens with zero attached hydrogens (tertiary/aromatic N) is 2. The van der Waals surface area contributed by atoms with Crippen molar-refractivity contribution in [2.75, 3.05) is 18.8 Å². The number of hydrogen-bond donors (Lipinski definition) is 1. The quantitative estimate of drug-likeness (QED) is 0.913. The Kier molecular flexibility index (Phi) is 4.85. The highest BCUT2D eigenvalue weighted by atomic mass is 32.2. The lowest BCUT2D eigenvalue weighted by Gasteiger charge is -2.31. The molecule has 1 saturated heterocycles. The van der Waals surface area contributed by atoms with E-state index in [1.165, 1.54) is 31.0 Å². The molecule has 0 bridgehead atoms. The second-order valence-electron chi connectivity index (χ2n) is 4.60. The number of nitrogens with two attached hydrogens (primary N) is 1. The van der Waals surface area contributed by atoms with E-state index >= 15 is 0 Å². The maximum atomic E-state index is 5.83. The van der Waals surface area contributed by atoms with E-state index in [9.17, 15) is 0 Å². The van der Waals surface area contributed by atoms with E-state index in [1.807, 2.05) is 6.92 Å². The van der Waals surface area contributed by atoms with E-state index in [0.29, 0.717) is 0 Å². The third kappa shape index (κ3) is 3.68. The van der Waals surface area contributed by atoms with E-state index < -0.39 is 0 Å². The monoisotopic (exact) mass is 271 g/mol. The summed E-state index contributed by atoms with van der Waals surface area (Å²) < 4.78 is 0. The largest absolute Gasteiger partial charge is 0.322 e. The minimum Gasteiger partial charge on any atom is -0.322 e. The Balaban J connectivity index is 1.91. The van der Waals surface area contributed by atoms with Crippen LogP contribution < -0.4 is 5.73 Å². The molecule has 2 unspecified atom stereocenters. The molecule has 0 amide bonds. The number of hydrogen-bond acceptors (Lipinski definition) is 5. The van der Waals surface area contributed by atoms with Gasteiger partial charge < -0.3 is 5.73 Å². The summed E-state index contributed by atoms with van der Waals surface area (Å²) >= 11 is 3.79. The van der Waals surface area contributed by atoms with E-state index in [0.717, 1.165) is 16.8 Å². The zero-order chi connectivity index (χ0) is 12.3. The fourth-order valence-electron chi connectivity index (χ4n) is 2.00. The minimum absolute atomic E-state index is 0.0639. The van der Waals surface area contributed by atoms with Crippen LogP contribution in [0.5, 0.6) is 0 Å². The Hall–Kier alpha value is -0.100. The van der Waals surface area contributed by atoms with Gasteiger partial charge in [0, 0.05) is 36.0 Å². The van der Waals surface area contributed by atoms with E-state index in [4.69, 9.17) is 5.73 Å². The number of rotatable bonds is 4. The molecule has 2 atom stereocenters. The first-order valence-corrected chi connectivity index (χ1v) is 8.15. The molecule has 0 radical (unpaired) electrons. The predicted octanol–water partition coefficient (Wildman–Crippen LogP) is 2.49. The first-order valence-electron chi connectivity index (χ1n) is 6.23. The Morgan fingerprint density at radius 3 is 3.12 bits per heavy atom. The Morgan fingerprint density at radius 1 is 1.65 bits per heavy atom. The van der Waals surface area contributed by atoms with Crippen LogP contribution in [0.1, 0.15) is 37.0 Å². The van der Waals surface area contributed by atoms with Crippen molar-refractivity contribution in [1.82, 2.24) is 9.88 Å². The highest BCUT2D eigenvalue weighted by Crippen LogP contribution is 2.23. The lowest BCUT2D eigenvalue weighted by molar-refractivity contribution is 0.270. The molecule has 1 aromatic rings. The molecule has 0 aromatic carbocycles. The maximum absolute atomic E-state index is 5.83. The van der Waals surface area contributed by atoms with Gasteiger partial charge in [0.15, 0.2) is 0 Å². The van der Waals surface area contributed by atoms with Crippen LogP contribution in [0.2, 0.25) is 0 Å². The summed E-state index contributed by atoms with van der Waals surface area (Å²) in [7, 11) is 0. The molecular weight excluding hydrogens is 250 g/mol. The van der Waals surface area contributed by atoms with Crippen LogP contribution in [0.3, 0.4) is 0 Å². The van der Waals surface area contributed by atoms with Crippen molar-refractivity contribution in [3.05, 3.63) is 16.1 Å². The molecule has 0 aliphatic carbocycles. The van der Waals surface area contributed by atoms with Crippen LogP contribution in [0.15, 0.2) is 5.38 Å². The summed E-state index contributed by atoms with van der Waals surface area (Å²) in [6.45, 7) is 7.64. The van der Waals surface area contributed by atoms with Crippen molar-refractivity contribution >= 4 is 23.1 Å². The second kappa shape index (κ2) is 6.18. The molecule has 2 N–H and O–H groups in total. The van der Waals surface area contributed by atoms with Crippen LogP contribution in [0, 0.1) is 0 Å². The highest BCUT2D eigenvalue weighted by Gasteiger charge is 2.19. The molecule has 2 rings (SSSR count). The van der Waals surface area contributed by atoms with Crippen molar-refractivity contribution in [3.63, 3.8) is 0 Å². The molecule has 1 aliphatic heterocycles. The van der Waals surface area contributed by atoms with Crippen molar-refractivity contribution in [3.8, 4) is 0 Å². The molecular formula is C12H21N3S2. The summed E-state index contributed by atoms with van der Waals surface area (Å²) in [6.07, 6.45) is 1.27. The van der Waals surface area contributed by atoms with Gasteiger partial charge in [-0.05, 0) is 13.3 Å². The van der Waals surface area contributed by atoms with Gasteiger partial charge in [0.25, 0.3) is 0 Å². The summed E-state index contributed by atoms with van der Waals surface area (Å²) in [5.74, 6) is 1.25. The number of thiazole rings is 1. The van der Waals surface area contributed by atoms with Crippen molar-refractivity contribution < 1.29 is 0 Å². The lowest BCUT2D eigenvalue weighted by Crippen LogP contribution is -2.37. The average molecular weight is 271 g/mol. The van der Waals surface area contributed by atoms with Gasteiger partial charge in [0.1, 0.15) is 5.01 Å². The van der Waals surface area contributed by atoms with Crippen molar-refractivity contribution in [2.24, 2.45) is 5.73 Å². The molecule has 1 fully saturated rings. The Labute approximate surface area is 112 Å². The Morgan fingerprint density at radius 2 is 2.47 bits per heavy atom. The zero-order valence-electron chi connectivity index (χ0n) is 10.6.